The van der Waals surface area contributed by atoms with Crippen LogP contribution in [0.4, 0.5) is 0 Å². The van der Waals surface area contributed by atoms with Crippen LogP contribution in [-0.2, 0) is 14.3 Å². The molecule has 0 aromatic carbocycles. The van der Waals surface area contributed by atoms with Crippen molar-refractivity contribution >= 4 is 36.0 Å². The van der Waals surface area contributed by atoms with Gasteiger partial charge in [0.25, 0.3) is 0 Å². The Bertz CT molecular complexity index is 348. The summed E-state index contributed by atoms with van der Waals surface area (Å²) in [5.74, 6) is 1.94. The standard InChI is InChI=1S/C15H28N2O3S.ClH/c1-10(2)7-13(15(19)20-11(3)4)17-14(18)8-12-9-21-6-5-16-12;/h10-13,16H,5-9H2,1-4H3,(H,17,18);1H/t12?,13-;/m0./s1. The first-order valence-electron chi connectivity index (χ1n) is 7.69. The topological polar surface area (TPSA) is 67.4 Å². The summed E-state index contributed by atoms with van der Waals surface area (Å²) in [7, 11) is 0. The number of amides is 1. The average Bonchev–Trinajstić information content (AvgIpc) is 2.37. The summed E-state index contributed by atoms with van der Waals surface area (Å²) in [5.41, 5.74) is 0. The molecule has 7 heteroatoms. The molecule has 130 valence electrons. The molecule has 2 atom stereocenters. The Morgan fingerprint density at radius 3 is 2.50 bits per heavy atom. The van der Waals surface area contributed by atoms with Crippen LogP contribution in [0.2, 0.25) is 0 Å². The summed E-state index contributed by atoms with van der Waals surface area (Å²) in [4.78, 5) is 24.2. The van der Waals surface area contributed by atoms with E-state index in [1.165, 1.54) is 0 Å². The largest absolute Gasteiger partial charge is 0.461 e. The summed E-state index contributed by atoms with van der Waals surface area (Å²) < 4.78 is 5.23. The summed E-state index contributed by atoms with van der Waals surface area (Å²) in [6.07, 6.45) is 0.848. The first kappa shape index (κ1) is 21.5. The van der Waals surface area contributed by atoms with E-state index in [0.29, 0.717) is 18.8 Å². The van der Waals surface area contributed by atoms with Crippen LogP contribution in [0.25, 0.3) is 0 Å². The van der Waals surface area contributed by atoms with E-state index in [1.807, 2.05) is 39.5 Å². The van der Waals surface area contributed by atoms with Crippen LogP contribution in [0.15, 0.2) is 0 Å². The van der Waals surface area contributed by atoms with Gasteiger partial charge < -0.3 is 15.4 Å². The minimum Gasteiger partial charge on any atom is -0.461 e. The van der Waals surface area contributed by atoms with E-state index in [1.54, 1.807) is 0 Å². The Morgan fingerprint density at radius 2 is 2.00 bits per heavy atom. The fourth-order valence-electron chi connectivity index (χ4n) is 2.23. The Labute approximate surface area is 144 Å². The van der Waals surface area contributed by atoms with Crippen molar-refractivity contribution in [3.05, 3.63) is 0 Å². The second kappa shape index (κ2) is 11.1. The smallest absolute Gasteiger partial charge is 0.328 e. The van der Waals surface area contributed by atoms with Gasteiger partial charge in [-0.25, -0.2) is 4.79 Å². The monoisotopic (exact) mass is 352 g/mol. The van der Waals surface area contributed by atoms with E-state index < -0.39 is 6.04 Å². The summed E-state index contributed by atoms with van der Waals surface area (Å²) in [5, 5.41) is 6.17. The van der Waals surface area contributed by atoms with Gasteiger partial charge in [-0.2, -0.15) is 11.8 Å². The predicted octanol–water partition coefficient (Wildman–Crippen LogP) is 1.99. The molecule has 1 aliphatic heterocycles. The van der Waals surface area contributed by atoms with Crippen molar-refractivity contribution in [1.82, 2.24) is 10.6 Å². The number of carbonyl (C=O) groups is 2. The highest BCUT2D eigenvalue weighted by Crippen LogP contribution is 2.12. The Kier molecular flexibility index (Phi) is 10.9. The number of rotatable bonds is 7. The second-order valence-corrected chi connectivity index (χ2v) is 7.32. The SMILES string of the molecule is CC(C)C[C@H](NC(=O)CC1CSCCN1)C(=O)OC(C)C.Cl. The average molecular weight is 353 g/mol. The van der Waals surface area contributed by atoms with Crippen molar-refractivity contribution in [3.63, 3.8) is 0 Å². The zero-order valence-corrected chi connectivity index (χ0v) is 15.5. The van der Waals surface area contributed by atoms with Crippen LogP contribution in [0.3, 0.4) is 0 Å². The number of hydrogen-bond acceptors (Lipinski definition) is 5. The van der Waals surface area contributed by atoms with E-state index in [-0.39, 0.29) is 36.4 Å². The van der Waals surface area contributed by atoms with Crippen LogP contribution in [0.1, 0.15) is 40.5 Å². The third kappa shape index (κ3) is 8.86. The van der Waals surface area contributed by atoms with Gasteiger partial charge in [0.2, 0.25) is 5.91 Å². The minimum atomic E-state index is -0.545. The highest BCUT2D eigenvalue weighted by Gasteiger charge is 2.25. The highest BCUT2D eigenvalue weighted by molar-refractivity contribution is 7.99. The molecule has 0 aromatic rings. The van der Waals surface area contributed by atoms with Gasteiger partial charge in [0.1, 0.15) is 6.04 Å². The number of esters is 1. The molecule has 0 saturated carbocycles. The van der Waals surface area contributed by atoms with E-state index in [4.69, 9.17) is 4.74 Å². The normalized spacial score (nSPS) is 19.5. The van der Waals surface area contributed by atoms with Crippen LogP contribution in [0, 0.1) is 5.92 Å². The molecule has 0 spiro atoms. The van der Waals surface area contributed by atoms with Gasteiger partial charge in [-0.15, -0.1) is 12.4 Å². The number of halogens is 1. The van der Waals surface area contributed by atoms with Gasteiger partial charge in [0, 0.05) is 30.5 Å². The Hall–Kier alpha value is -0.460. The molecule has 22 heavy (non-hydrogen) atoms. The minimum absolute atomic E-state index is 0. The third-order valence-corrected chi connectivity index (χ3v) is 4.24. The van der Waals surface area contributed by atoms with Crippen molar-refractivity contribution in [2.24, 2.45) is 5.92 Å². The van der Waals surface area contributed by atoms with E-state index in [9.17, 15) is 9.59 Å². The van der Waals surface area contributed by atoms with E-state index >= 15 is 0 Å². The maximum atomic E-state index is 12.1. The van der Waals surface area contributed by atoms with Crippen molar-refractivity contribution in [1.29, 1.82) is 0 Å². The zero-order chi connectivity index (χ0) is 15.8. The fourth-order valence-corrected chi connectivity index (χ4v) is 3.18. The highest BCUT2D eigenvalue weighted by atomic mass is 35.5. The summed E-state index contributed by atoms with van der Waals surface area (Å²) in [6, 6.07) is -0.347. The van der Waals surface area contributed by atoms with Crippen molar-refractivity contribution < 1.29 is 14.3 Å². The van der Waals surface area contributed by atoms with Gasteiger partial charge in [-0.05, 0) is 26.2 Å². The van der Waals surface area contributed by atoms with Gasteiger partial charge in [-0.1, -0.05) is 13.8 Å². The van der Waals surface area contributed by atoms with Gasteiger partial charge >= 0.3 is 5.97 Å². The molecule has 0 aromatic heterocycles. The molecule has 2 N–H and O–H groups in total. The van der Waals surface area contributed by atoms with Crippen LogP contribution >= 0.6 is 24.2 Å². The maximum Gasteiger partial charge on any atom is 0.328 e. The number of ether oxygens (including phenoxy) is 1. The van der Waals surface area contributed by atoms with Crippen molar-refractivity contribution in [2.75, 3.05) is 18.1 Å². The second-order valence-electron chi connectivity index (χ2n) is 6.17. The predicted molar refractivity (Wildman–Crippen MR) is 93.6 cm³/mol. The molecule has 1 unspecified atom stereocenters. The zero-order valence-electron chi connectivity index (χ0n) is 13.9. The first-order valence-corrected chi connectivity index (χ1v) is 8.85. The number of thioether (sulfide) groups is 1. The molecule has 5 nitrogen and oxygen atoms in total. The molecule has 1 rings (SSSR count). The molecule has 1 fully saturated rings. The lowest BCUT2D eigenvalue weighted by atomic mass is 10.0. The molecule has 1 aliphatic rings. The van der Waals surface area contributed by atoms with Crippen LogP contribution in [0.5, 0.6) is 0 Å². The molecule has 0 radical (unpaired) electrons. The number of hydrogen-bond donors (Lipinski definition) is 2. The van der Waals surface area contributed by atoms with E-state index in [2.05, 4.69) is 10.6 Å². The molecule has 1 amide bonds. The molecular formula is C15H29ClN2O3S. The number of nitrogens with one attached hydrogen (secondary N) is 2. The summed E-state index contributed by atoms with van der Waals surface area (Å²) >= 11 is 1.86. The van der Waals surface area contributed by atoms with Crippen LogP contribution < -0.4 is 10.6 Å². The quantitative estimate of drug-likeness (QED) is 0.686. The fraction of sp³-hybridized carbons (Fsp3) is 0.867. The lowest BCUT2D eigenvalue weighted by molar-refractivity contribution is -0.152. The molecule has 1 saturated heterocycles. The first-order chi connectivity index (χ1) is 9.88. The number of carbonyl (C=O) groups excluding carboxylic acids is 2. The van der Waals surface area contributed by atoms with Gasteiger partial charge in [0.15, 0.2) is 0 Å². The third-order valence-electron chi connectivity index (χ3n) is 3.11. The van der Waals surface area contributed by atoms with Crippen molar-refractivity contribution in [3.8, 4) is 0 Å². The molecule has 0 bridgehead atoms. The lowest BCUT2D eigenvalue weighted by Crippen LogP contribution is -2.47. The van der Waals surface area contributed by atoms with Gasteiger partial charge in [0.05, 0.1) is 6.10 Å². The van der Waals surface area contributed by atoms with Crippen LogP contribution in [-0.4, -0.2) is 48.1 Å². The Morgan fingerprint density at radius 1 is 1.32 bits per heavy atom. The Balaban J connectivity index is 0.00000441. The molecule has 0 aliphatic carbocycles. The van der Waals surface area contributed by atoms with Crippen molar-refractivity contribution in [2.45, 2.75) is 58.7 Å². The maximum absolute atomic E-state index is 12.1. The summed E-state index contributed by atoms with van der Waals surface area (Å²) in [6.45, 7) is 8.63. The van der Waals surface area contributed by atoms with E-state index in [0.717, 1.165) is 18.1 Å². The molecule has 1 heterocycles. The molecular weight excluding hydrogens is 324 g/mol. The van der Waals surface area contributed by atoms with Gasteiger partial charge in [-0.3, -0.25) is 4.79 Å². The lowest BCUT2D eigenvalue weighted by Gasteiger charge is -2.25.